The summed E-state index contributed by atoms with van der Waals surface area (Å²) in [6, 6.07) is -0.295. The van der Waals surface area contributed by atoms with Crippen molar-refractivity contribution in [3.05, 3.63) is 24.4 Å². The van der Waals surface area contributed by atoms with Gasteiger partial charge < -0.3 is 15.0 Å². The van der Waals surface area contributed by atoms with E-state index < -0.39 is 5.60 Å². The Morgan fingerprint density at radius 2 is 2.31 bits per heavy atom. The second kappa shape index (κ2) is 5.23. The Hall–Kier alpha value is -1.20. The van der Waals surface area contributed by atoms with Crippen molar-refractivity contribution in [2.75, 3.05) is 6.61 Å². The molecule has 0 amide bonds. The van der Waals surface area contributed by atoms with E-state index in [0.717, 1.165) is 0 Å². The Morgan fingerprint density at radius 3 is 2.88 bits per heavy atom. The molecule has 5 nitrogen and oxygen atoms in total. The zero-order valence-electron chi connectivity index (χ0n) is 10.1. The molecule has 1 heterocycles. The van der Waals surface area contributed by atoms with Gasteiger partial charge in [-0.3, -0.25) is 0 Å². The van der Waals surface area contributed by atoms with Gasteiger partial charge >= 0.3 is 0 Å². The molecular weight excluding hydrogens is 206 g/mol. The highest BCUT2D eigenvalue weighted by atomic mass is 16.5. The minimum Gasteiger partial charge on any atom is -0.368 e. The number of nitrogens with zero attached hydrogens (tertiary/aromatic N) is 2. The van der Waals surface area contributed by atoms with Crippen molar-refractivity contribution in [3.8, 4) is 0 Å². The van der Waals surface area contributed by atoms with Crippen LogP contribution in [0, 0.1) is 0 Å². The Labute approximate surface area is 95.7 Å². The summed E-state index contributed by atoms with van der Waals surface area (Å²) in [6.45, 7) is 9.92. The van der Waals surface area contributed by atoms with Crippen LogP contribution in [0.15, 0.2) is 17.2 Å². The molecule has 0 saturated heterocycles. The molecule has 1 aromatic rings. The van der Waals surface area contributed by atoms with Gasteiger partial charge in [0.1, 0.15) is 5.60 Å². The lowest BCUT2D eigenvalue weighted by Crippen LogP contribution is -2.23. The van der Waals surface area contributed by atoms with Gasteiger partial charge in [0, 0.05) is 6.61 Å². The van der Waals surface area contributed by atoms with Crippen molar-refractivity contribution in [3.63, 3.8) is 0 Å². The largest absolute Gasteiger partial charge is 0.368 e. The lowest BCUT2D eigenvalue weighted by atomic mass is 10.1. The highest BCUT2D eigenvalue weighted by Crippen LogP contribution is 2.23. The molecule has 1 atom stereocenters. The highest BCUT2D eigenvalue weighted by Gasteiger charge is 2.28. The minimum absolute atomic E-state index is 0.295. The fourth-order valence-corrected chi connectivity index (χ4v) is 1.34. The van der Waals surface area contributed by atoms with Gasteiger partial charge in [-0.25, -0.2) is 0 Å². The quantitative estimate of drug-likeness (QED) is 0.748. The molecular formula is C11H19N3O2. The van der Waals surface area contributed by atoms with Crippen molar-refractivity contribution in [2.45, 2.75) is 38.8 Å². The summed E-state index contributed by atoms with van der Waals surface area (Å²) < 4.78 is 10.6. The smallest absolute Gasteiger partial charge is 0.243 e. The van der Waals surface area contributed by atoms with Crippen molar-refractivity contribution in [1.82, 2.24) is 10.1 Å². The molecule has 0 saturated carbocycles. The van der Waals surface area contributed by atoms with E-state index in [1.54, 1.807) is 6.08 Å². The molecule has 2 N–H and O–H groups in total. The zero-order chi connectivity index (χ0) is 12.2. The molecule has 0 aliphatic carbocycles. The molecule has 0 aliphatic rings. The van der Waals surface area contributed by atoms with E-state index in [9.17, 15) is 0 Å². The van der Waals surface area contributed by atoms with Gasteiger partial charge in [0.2, 0.25) is 11.7 Å². The SMILES string of the molecule is C=CCC(N)c1nc(C(C)(C)OCC)no1. The number of hydrogen-bond acceptors (Lipinski definition) is 5. The molecule has 5 heteroatoms. The van der Waals surface area contributed by atoms with E-state index in [-0.39, 0.29) is 6.04 Å². The van der Waals surface area contributed by atoms with Gasteiger partial charge in [-0.15, -0.1) is 6.58 Å². The van der Waals surface area contributed by atoms with E-state index in [4.69, 9.17) is 15.0 Å². The van der Waals surface area contributed by atoms with Crippen LogP contribution in [0.25, 0.3) is 0 Å². The molecule has 0 aliphatic heterocycles. The lowest BCUT2D eigenvalue weighted by Gasteiger charge is -2.19. The molecule has 1 unspecified atom stereocenters. The Balaban J connectivity index is 2.81. The highest BCUT2D eigenvalue weighted by molar-refractivity contribution is 5.00. The minimum atomic E-state index is -0.551. The summed E-state index contributed by atoms with van der Waals surface area (Å²) in [5, 5.41) is 3.88. The predicted molar refractivity (Wildman–Crippen MR) is 60.7 cm³/mol. The van der Waals surface area contributed by atoms with Gasteiger partial charge in [0.25, 0.3) is 0 Å². The number of ether oxygens (including phenoxy) is 1. The van der Waals surface area contributed by atoms with Crippen LogP contribution in [0.4, 0.5) is 0 Å². The third kappa shape index (κ3) is 2.90. The Bertz CT molecular complexity index is 347. The maximum atomic E-state index is 5.83. The second-order valence-electron chi connectivity index (χ2n) is 4.03. The van der Waals surface area contributed by atoms with Crippen LogP contribution in [0.3, 0.4) is 0 Å². The van der Waals surface area contributed by atoms with E-state index in [1.165, 1.54) is 0 Å². The average Bonchev–Trinajstić information content (AvgIpc) is 2.67. The van der Waals surface area contributed by atoms with E-state index in [0.29, 0.717) is 24.7 Å². The van der Waals surface area contributed by atoms with Gasteiger partial charge in [-0.2, -0.15) is 4.98 Å². The third-order valence-electron chi connectivity index (χ3n) is 2.22. The third-order valence-corrected chi connectivity index (χ3v) is 2.22. The molecule has 0 fully saturated rings. The van der Waals surface area contributed by atoms with Gasteiger partial charge in [-0.05, 0) is 27.2 Å². The Morgan fingerprint density at radius 1 is 1.62 bits per heavy atom. The average molecular weight is 225 g/mol. The molecule has 0 aromatic carbocycles. The van der Waals surface area contributed by atoms with Gasteiger partial charge in [0.05, 0.1) is 6.04 Å². The maximum Gasteiger partial charge on any atom is 0.243 e. The summed E-state index contributed by atoms with van der Waals surface area (Å²) in [6.07, 6.45) is 2.33. The monoisotopic (exact) mass is 225 g/mol. The molecule has 16 heavy (non-hydrogen) atoms. The van der Waals surface area contributed by atoms with Crippen LogP contribution >= 0.6 is 0 Å². The van der Waals surface area contributed by atoms with Crippen LogP contribution in [-0.4, -0.2) is 16.7 Å². The summed E-state index contributed by atoms with van der Waals surface area (Å²) in [7, 11) is 0. The second-order valence-corrected chi connectivity index (χ2v) is 4.03. The van der Waals surface area contributed by atoms with E-state index in [2.05, 4.69) is 16.7 Å². The summed E-state index contributed by atoms with van der Waals surface area (Å²) in [5.74, 6) is 0.937. The first-order valence-corrected chi connectivity index (χ1v) is 5.35. The van der Waals surface area contributed by atoms with Crippen molar-refractivity contribution in [1.29, 1.82) is 0 Å². The predicted octanol–water partition coefficient (Wildman–Crippen LogP) is 1.92. The number of nitrogens with two attached hydrogens (primary N) is 1. The Kier molecular flexibility index (Phi) is 4.20. The first-order valence-electron chi connectivity index (χ1n) is 5.35. The van der Waals surface area contributed by atoms with Crippen molar-refractivity contribution < 1.29 is 9.26 Å². The zero-order valence-corrected chi connectivity index (χ0v) is 10.1. The fraction of sp³-hybridized carbons (Fsp3) is 0.636. The summed E-state index contributed by atoms with van der Waals surface area (Å²) in [5.41, 5.74) is 5.28. The van der Waals surface area contributed by atoms with Gasteiger partial charge in [0.15, 0.2) is 0 Å². The lowest BCUT2D eigenvalue weighted by molar-refractivity contribution is -0.0221. The van der Waals surface area contributed by atoms with Crippen LogP contribution < -0.4 is 5.73 Å². The first kappa shape index (κ1) is 12.9. The normalized spacial score (nSPS) is 13.8. The van der Waals surface area contributed by atoms with E-state index in [1.807, 2.05) is 20.8 Å². The molecule has 1 aromatic heterocycles. The first-order chi connectivity index (χ1) is 7.51. The van der Waals surface area contributed by atoms with Crippen LogP contribution in [0.1, 0.15) is 44.9 Å². The number of aromatic nitrogens is 2. The van der Waals surface area contributed by atoms with Crippen molar-refractivity contribution in [2.24, 2.45) is 5.73 Å². The fourth-order valence-electron chi connectivity index (χ4n) is 1.34. The number of hydrogen-bond donors (Lipinski definition) is 1. The molecule has 0 spiro atoms. The standard InChI is InChI=1S/C11H19N3O2/c1-5-7-8(12)9-13-10(14-16-9)11(3,4)15-6-2/h5,8H,1,6-7,12H2,2-4H3. The molecule has 0 radical (unpaired) electrons. The summed E-state index contributed by atoms with van der Waals surface area (Å²) >= 11 is 0. The van der Waals surface area contributed by atoms with Gasteiger partial charge in [-0.1, -0.05) is 11.2 Å². The summed E-state index contributed by atoms with van der Waals surface area (Å²) in [4.78, 5) is 4.24. The van der Waals surface area contributed by atoms with Crippen molar-refractivity contribution >= 4 is 0 Å². The molecule has 90 valence electrons. The topological polar surface area (TPSA) is 74.2 Å². The van der Waals surface area contributed by atoms with Crippen LogP contribution in [0.5, 0.6) is 0 Å². The molecule has 0 bridgehead atoms. The van der Waals surface area contributed by atoms with Crippen LogP contribution in [-0.2, 0) is 10.3 Å². The van der Waals surface area contributed by atoms with E-state index >= 15 is 0 Å². The number of rotatable bonds is 6. The molecule has 1 rings (SSSR count). The maximum absolute atomic E-state index is 5.83. The van der Waals surface area contributed by atoms with Crippen LogP contribution in [0.2, 0.25) is 0 Å².